The van der Waals surface area contributed by atoms with Gasteiger partial charge in [0, 0.05) is 26.1 Å². The molecule has 0 aliphatic rings. The Morgan fingerprint density at radius 2 is 1.65 bits per heavy atom. The topological polar surface area (TPSA) is 66.1 Å². The molecule has 4 nitrogen and oxygen atoms in total. The molecule has 0 unspecified atom stereocenters. The van der Waals surface area contributed by atoms with Gasteiger partial charge in [-0.15, -0.1) is 0 Å². The Morgan fingerprint density at radius 1 is 0.957 bits per heavy atom. The summed E-state index contributed by atoms with van der Waals surface area (Å²) in [6, 6.07) is 11.2. The van der Waals surface area contributed by atoms with Crippen LogP contribution in [0.4, 0.5) is 5.69 Å². The molecule has 2 N–H and O–H groups in total. The SMILES string of the molecule is N=c1oc2ccc(Cl)cc2cc1C(=O)Nc1cc(Cl)cc(Cl)c1. The Bertz CT molecular complexity index is 962. The van der Waals surface area contributed by atoms with E-state index in [1.807, 2.05) is 0 Å². The first-order valence-electron chi connectivity index (χ1n) is 6.48. The zero-order valence-electron chi connectivity index (χ0n) is 11.5. The van der Waals surface area contributed by atoms with Crippen molar-refractivity contribution < 1.29 is 9.21 Å². The van der Waals surface area contributed by atoms with Crippen LogP contribution in [0.25, 0.3) is 11.0 Å². The Balaban J connectivity index is 2.00. The standard InChI is InChI=1S/C16H9Cl3N2O2/c17-9-1-2-14-8(3-9)4-13(15(20)23-14)16(22)21-12-6-10(18)5-11(19)7-12/h1-7,20H,(H,21,22). The number of anilines is 1. The molecule has 1 amide bonds. The summed E-state index contributed by atoms with van der Waals surface area (Å²) in [5.41, 5.74) is 0.737. The second-order valence-corrected chi connectivity index (χ2v) is 6.09. The fraction of sp³-hybridized carbons (Fsp3) is 0. The maximum absolute atomic E-state index is 12.4. The predicted molar refractivity (Wildman–Crippen MR) is 91.5 cm³/mol. The van der Waals surface area contributed by atoms with E-state index in [0.29, 0.717) is 31.7 Å². The van der Waals surface area contributed by atoms with Crippen LogP contribution < -0.4 is 10.9 Å². The van der Waals surface area contributed by atoms with E-state index in [9.17, 15) is 4.79 Å². The highest BCUT2D eigenvalue weighted by Gasteiger charge is 2.13. The van der Waals surface area contributed by atoms with Gasteiger partial charge < -0.3 is 9.73 Å². The normalized spacial score (nSPS) is 10.7. The van der Waals surface area contributed by atoms with Gasteiger partial charge in [0.05, 0.1) is 0 Å². The molecule has 0 atom stereocenters. The number of nitrogens with one attached hydrogen (secondary N) is 2. The monoisotopic (exact) mass is 366 g/mol. The number of carbonyl (C=O) groups excluding carboxylic acids is 1. The number of carbonyl (C=O) groups is 1. The minimum atomic E-state index is -0.501. The fourth-order valence-electron chi connectivity index (χ4n) is 2.10. The van der Waals surface area contributed by atoms with E-state index >= 15 is 0 Å². The number of hydrogen-bond donors (Lipinski definition) is 2. The van der Waals surface area contributed by atoms with Crippen LogP contribution in [0.3, 0.4) is 0 Å². The van der Waals surface area contributed by atoms with Gasteiger partial charge in [0.1, 0.15) is 11.1 Å². The molecule has 0 aliphatic carbocycles. The highest BCUT2D eigenvalue weighted by atomic mass is 35.5. The molecule has 116 valence electrons. The summed E-state index contributed by atoms with van der Waals surface area (Å²) in [7, 11) is 0. The summed E-state index contributed by atoms with van der Waals surface area (Å²) in [6.45, 7) is 0. The van der Waals surface area contributed by atoms with E-state index in [1.54, 1.807) is 42.5 Å². The second kappa shape index (κ2) is 6.24. The number of benzene rings is 2. The van der Waals surface area contributed by atoms with Crippen LogP contribution in [0.1, 0.15) is 10.4 Å². The van der Waals surface area contributed by atoms with Crippen LogP contribution in [-0.2, 0) is 0 Å². The summed E-state index contributed by atoms with van der Waals surface area (Å²) in [5.74, 6) is -0.501. The van der Waals surface area contributed by atoms with Crippen LogP contribution >= 0.6 is 34.8 Å². The first-order valence-corrected chi connectivity index (χ1v) is 7.61. The van der Waals surface area contributed by atoms with Crippen LogP contribution in [-0.4, -0.2) is 5.91 Å². The molecule has 0 spiro atoms. The zero-order valence-corrected chi connectivity index (χ0v) is 13.8. The van der Waals surface area contributed by atoms with Crippen molar-refractivity contribution in [3.63, 3.8) is 0 Å². The molecule has 2 aromatic carbocycles. The van der Waals surface area contributed by atoms with Crippen molar-refractivity contribution in [1.29, 1.82) is 5.41 Å². The van der Waals surface area contributed by atoms with Gasteiger partial charge in [0.25, 0.3) is 5.91 Å². The summed E-state index contributed by atoms with van der Waals surface area (Å²) in [5, 5.41) is 12.4. The largest absolute Gasteiger partial charge is 0.438 e. The smallest absolute Gasteiger partial charge is 0.261 e. The molecule has 0 saturated carbocycles. The van der Waals surface area contributed by atoms with E-state index in [1.165, 1.54) is 0 Å². The maximum atomic E-state index is 12.4. The van der Waals surface area contributed by atoms with E-state index in [4.69, 9.17) is 44.6 Å². The highest BCUT2D eigenvalue weighted by molar-refractivity contribution is 6.35. The second-order valence-electron chi connectivity index (χ2n) is 4.78. The van der Waals surface area contributed by atoms with Crippen molar-refractivity contribution in [3.8, 4) is 0 Å². The summed E-state index contributed by atoms with van der Waals surface area (Å²) in [6.07, 6.45) is 0. The number of hydrogen-bond acceptors (Lipinski definition) is 3. The Kier molecular flexibility index (Phi) is 4.31. The fourth-order valence-corrected chi connectivity index (χ4v) is 2.81. The lowest BCUT2D eigenvalue weighted by Crippen LogP contribution is -2.20. The molecule has 1 aromatic heterocycles. The minimum absolute atomic E-state index is 0.0795. The van der Waals surface area contributed by atoms with Crippen LogP contribution in [0, 0.1) is 5.41 Å². The highest BCUT2D eigenvalue weighted by Crippen LogP contribution is 2.23. The first-order chi connectivity index (χ1) is 10.9. The Labute approximate surface area is 146 Å². The average Bonchev–Trinajstić information content (AvgIpc) is 2.45. The molecule has 0 saturated heterocycles. The van der Waals surface area contributed by atoms with Crippen molar-refractivity contribution in [3.05, 3.63) is 68.6 Å². The van der Waals surface area contributed by atoms with E-state index in [-0.39, 0.29) is 11.1 Å². The lowest BCUT2D eigenvalue weighted by molar-refractivity contribution is 0.102. The molecule has 0 radical (unpaired) electrons. The third kappa shape index (κ3) is 3.50. The molecule has 3 aromatic rings. The van der Waals surface area contributed by atoms with Crippen LogP contribution in [0.2, 0.25) is 15.1 Å². The number of rotatable bonds is 2. The Hall–Kier alpha value is -2.01. The molecule has 0 fully saturated rings. The molecular weight excluding hydrogens is 359 g/mol. The lowest BCUT2D eigenvalue weighted by atomic mass is 10.1. The zero-order chi connectivity index (χ0) is 16.6. The minimum Gasteiger partial charge on any atom is -0.438 e. The van der Waals surface area contributed by atoms with E-state index in [2.05, 4.69) is 5.32 Å². The van der Waals surface area contributed by atoms with Crippen molar-refractivity contribution in [2.75, 3.05) is 5.32 Å². The molecule has 7 heteroatoms. The van der Waals surface area contributed by atoms with Crippen LogP contribution in [0.15, 0.2) is 46.9 Å². The number of fused-ring (bicyclic) bond motifs is 1. The van der Waals surface area contributed by atoms with Crippen molar-refractivity contribution in [1.82, 2.24) is 0 Å². The van der Waals surface area contributed by atoms with Gasteiger partial charge >= 0.3 is 0 Å². The van der Waals surface area contributed by atoms with Gasteiger partial charge in [0.2, 0.25) is 5.55 Å². The van der Waals surface area contributed by atoms with Gasteiger partial charge in [-0.1, -0.05) is 34.8 Å². The molecule has 0 aliphatic heterocycles. The summed E-state index contributed by atoms with van der Waals surface area (Å²) >= 11 is 17.7. The third-order valence-electron chi connectivity index (χ3n) is 3.09. The third-order valence-corrected chi connectivity index (χ3v) is 3.76. The van der Waals surface area contributed by atoms with E-state index in [0.717, 1.165) is 0 Å². The number of amides is 1. The van der Waals surface area contributed by atoms with Crippen molar-refractivity contribution in [2.45, 2.75) is 0 Å². The average molecular weight is 368 g/mol. The number of halogens is 3. The molecule has 0 bridgehead atoms. The van der Waals surface area contributed by atoms with Gasteiger partial charge in [0.15, 0.2) is 0 Å². The Morgan fingerprint density at radius 3 is 2.35 bits per heavy atom. The quantitative estimate of drug-likeness (QED) is 0.660. The van der Waals surface area contributed by atoms with Crippen LogP contribution in [0.5, 0.6) is 0 Å². The van der Waals surface area contributed by atoms with Gasteiger partial charge in [-0.3, -0.25) is 10.2 Å². The van der Waals surface area contributed by atoms with Crippen molar-refractivity contribution in [2.24, 2.45) is 0 Å². The van der Waals surface area contributed by atoms with E-state index < -0.39 is 5.91 Å². The van der Waals surface area contributed by atoms with Gasteiger partial charge in [-0.05, 0) is 42.5 Å². The molecule has 23 heavy (non-hydrogen) atoms. The summed E-state index contributed by atoms with van der Waals surface area (Å²) in [4.78, 5) is 12.4. The first kappa shape index (κ1) is 15.9. The van der Waals surface area contributed by atoms with Crippen molar-refractivity contribution >= 4 is 57.4 Å². The lowest BCUT2D eigenvalue weighted by Gasteiger charge is -2.07. The predicted octanol–water partition coefficient (Wildman–Crippen LogP) is 5.12. The maximum Gasteiger partial charge on any atom is 0.261 e. The molecule has 1 heterocycles. The molecule has 3 rings (SSSR count). The summed E-state index contributed by atoms with van der Waals surface area (Å²) < 4.78 is 5.35. The molecular formula is C16H9Cl3N2O2. The van der Waals surface area contributed by atoms with Gasteiger partial charge in [-0.2, -0.15) is 0 Å². The van der Waals surface area contributed by atoms with Gasteiger partial charge in [-0.25, -0.2) is 0 Å².